The van der Waals surface area contributed by atoms with E-state index in [0.717, 1.165) is 0 Å². The summed E-state index contributed by atoms with van der Waals surface area (Å²) in [4.78, 5) is 26.1. The summed E-state index contributed by atoms with van der Waals surface area (Å²) in [7, 11) is 3.08. The molecule has 130 valence electrons. The van der Waals surface area contributed by atoms with Crippen molar-refractivity contribution in [1.29, 1.82) is 0 Å². The number of carbonyl (C=O) groups excluding carboxylic acids is 2. The second-order valence-corrected chi connectivity index (χ2v) is 5.92. The van der Waals surface area contributed by atoms with Crippen LogP contribution in [0.1, 0.15) is 6.42 Å². The van der Waals surface area contributed by atoms with Crippen molar-refractivity contribution < 1.29 is 19.1 Å². The van der Waals surface area contributed by atoms with E-state index < -0.39 is 6.04 Å². The van der Waals surface area contributed by atoms with Gasteiger partial charge in [-0.1, -0.05) is 11.6 Å². The topological polar surface area (TPSA) is 67.9 Å². The monoisotopic (exact) mass is 360 g/mol. The van der Waals surface area contributed by atoms with Crippen LogP contribution in [0.5, 0.6) is 11.5 Å². The maximum absolute atomic E-state index is 12.6. The predicted molar refractivity (Wildman–Crippen MR) is 95.5 cm³/mol. The minimum absolute atomic E-state index is 0.0779. The van der Waals surface area contributed by atoms with Crippen molar-refractivity contribution in [3.05, 3.63) is 47.5 Å². The van der Waals surface area contributed by atoms with Crippen LogP contribution in [0.15, 0.2) is 42.5 Å². The molecule has 0 bridgehead atoms. The molecular weight excluding hydrogens is 344 g/mol. The number of rotatable bonds is 5. The van der Waals surface area contributed by atoms with Crippen molar-refractivity contribution in [3.63, 3.8) is 0 Å². The molecule has 2 aromatic rings. The van der Waals surface area contributed by atoms with Crippen molar-refractivity contribution in [2.45, 2.75) is 12.5 Å². The number of carbonyl (C=O) groups is 2. The highest BCUT2D eigenvalue weighted by atomic mass is 35.5. The third-order valence-corrected chi connectivity index (χ3v) is 4.27. The molecule has 0 unspecified atom stereocenters. The van der Waals surface area contributed by atoms with Crippen LogP contribution < -0.4 is 19.7 Å². The third-order valence-electron chi connectivity index (χ3n) is 3.97. The average molecular weight is 361 g/mol. The zero-order chi connectivity index (χ0) is 18.0. The highest BCUT2D eigenvalue weighted by Gasteiger charge is 2.39. The molecule has 1 atom stereocenters. The Morgan fingerprint density at radius 3 is 2.40 bits per heavy atom. The Morgan fingerprint density at radius 2 is 1.80 bits per heavy atom. The molecule has 1 saturated heterocycles. The fourth-order valence-electron chi connectivity index (χ4n) is 2.70. The Balaban J connectivity index is 1.77. The molecule has 6 nitrogen and oxygen atoms in total. The number of ether oxygens (including phenoxy) is 2. The lowest BCUT2D eigenvalue weighted by molar-refractivity contribution is -0.121. The average Bonchev–Trinajstić information content (AvgIpc) is 2.89. The summed E-state index contributed by atoms with van der Waals surface area (Å²) in [6.45, 7) is 0. The zero-order valence-electron chi connectivity index (χ0n) is 13.8. The highest BCUT2D eigenvalue weighted by molar-refractivity contribution is 6.32. The second kappa shape index (κ2) is 7.03. The van der Waals surface area contributed by atoms with Crippen LogP contribution in [0.4, 0.5) is 11.4 Å². The van der Waals surface area contributed by atoms with Crippen molar-refractivity contribution in [2.24, 2.45) is 0 Å². The number of hydrogen-bond donors (Lipinski definition) is 1. The van der Waals surface area contributed by atoms with Gasteiger partial charge in [-0.05, 0) is 42.5 Å². The number of anilines is 2. The van der Waals surface area contributed by atoms with Crippen molar-refractivity contribution in [1.82, 2.24) is 0 Å². The fraction of sp³-hybridized carbons (Fsp3) is 0.222. The van der Waals surface area contributed by atoms with Crippen LogP contribution in [0.2, 0.25) is 5.02 Å². The molecule has 1 aliphatic rings. The summed E-state index contributed by atoms with van der Waals surface area (Å²) >= 11 is 6.09. The van der Waals surface area contributed by atoms with Crippen LogP contribution in [-0.2, 0) is 9.59 Å². The van der Waals surface area contributed by atoms with Crippen molar-refractivity contribution in [2.75, 3.05) is 24.4 Å². The molecule has 2 aromatic carbocycles. The fourth-order valence-corrected chi connectivity index (χ4v) is 2.96. The van der Waals surface area contributed by atoms with Crippen LogP contribution in [-0.4, -0.2) is 32.1 Å². The van der Waals surface area contributed by atoms with Gasteiger partial charge in [0.05, 0.1) is 31.4 Å². The third kappa shape index (κ3) is 3.39. The summed E-state index contributed by atoms with van der Waals surface area (Å²) in [5.74, 6) is 0.640. The highest BCUT2D eigenvalue weighted by Crippen LogP contribution is 2.30. The Bertz CT molecular complexity index is 807. The van der Waals surface area contributed by atoms with Gasteiger partial charge in [-0.25, -0.2) is 4.90 Å². The van der Waals surface area contributed by atoms with Gasteiger partial charge in [0.15, 0.2) is 0 Å². The minimum atomic E-state index is -0.640. The molecule has 2 amide bonds. The number of benzene rings is 2. The van der Waals surface area contributed by atoms with E-state index in [9.17, 15) is 9.59 Å². The number of imide groups is 1. The number of hydrogen-bond acceptors (Lipinski definition) is 5. The lowest BCUT2D eigenvalue weighted by Gasteiger charge is -2.16. The minimum Gasteiger partial charge on any atom is -0.497 e. The van der Waals surface area contributed by atoms with Crippen molar-refractivity contribution >= 4 is 34.8 Å². The van der Waals surface area contributed by atoms with Crippen LogP contribution in [0, 0.1) is 0 Å². The zero-order valence-corrected chi connectivity index (χ0v) is 14.5. The molecule has 1 N–H and O–H groups in total. The van der Waals surface area contributed by atoms with Crippen LogP contribution in [0.25, 0.3) is 0 Å². The SMILES string of the molecule is COc1ccc(N2C(=O)C[C@H](Nc3ccc(OC)c(Cl)c3)C2=O)cc1. The van der Waals surface area contributed by atoms with E-state index in [1.807, 2.05) is 0 Å². The maximum Gasteiger partial charge on any atom is 0.256 e. The van der Waals surface area contributed by atoms with Gasteiger partial charge in [-0.15, -0.1) is 0 Å². The first-order valence-corrected chi connectivity index (χ1v) is 8.02. The molecule has 0 radical (unpaired) electrons. The first kappa shape index (κ1) is 17.1. The molecule has 25 heavy (non-hydrogen) atoms. The maximum atomic E-state index is 12.6. The van der Waals surface area contributed by atoms with Crippen LogP contribution in [0.3, 0.4) is 0 Å². The van der Waals surface area contributed by atoms with Gasteiger partial charge in [0.25, 0.3) is 5.91 Å². The quantitative estimate of drug-likeness (QED) is 0.830. The van der Waals surface area contributed by atoms with E-state index in [4.69, 9.17) is 21.1 Å². The van der Waals surface area contributed by atoms with E-state index in [1.54, 1.807) is 49.6 Å². The summed E-state index contributed by atoms with van der Waals surface area (Å²) in [6, 6.07) is 11.3. The van der Waals surface area contributed by atoms with E-state index in [1.165, 1.54) is 12.0 Å². The van der Waals surface area contributed by atoms with E-state index in [2.05, 4.69) is 5.32 Å². The Labute approximate surface area is 150 Å². The van der Waals surface area contributed by atoms with Gasteiger partial charge < -0.3 is 14.8 Å². The van der Waals surface area contributed by atoms with E-state index in [0.29, 0.717) is 27.9 Å². The van der Waals surface area contributed by atoms with Crippen LogP contribution >= 0.6 is 11.6 Å². The Kier molecular flexibility index (Phi) is 4.81. The molecule has 1 heterocycles. The van der Waals surface area contributed by atoms with E-state index >= 15 is 0 Å². The first-order valence-electron chi connectivity index (χ1n) is 7.64. The molecular formula is C18H17ClN2O4. The van der Waals surface area contributed by atoms with Gasteiger partial charge in [0.1, 0.15) is 17.5 Å². The lowest BCUT2D eigenvalue weighted by Crippen LogP contribution is -2.34. The standard InChI is InChI=1S/C18H17ClN2O4/c1-24-13-6-4-12(5-7-13)21-17(22)10-15(18(21)23)20-11-3-8-16(25-2)14(19)9-11/h3-9,15,20H,10H2,1-2H3/t15-/m0/s1. The molecule has 3 rings (SSSR count). The molecule has 1 aliphatic heterocycles. The Hall–Kier alpha value is -2.73. The van der Waals surface area contributed by atoms with Gasteiger partial charge >= 0.3 is 0 Å². The predicted octanol–water partition coefficient (Wildman–Crippen LogP) is 3.10. The van der Waals surface area contributed by atoms with Gasteiger partial charge in [-0.3, -0.25) is 9.59 Å². The number of methoxy groups -OCH3 is 2. The summed E-state index contributed by atoms with van der Waals surface area (Å²) in [5.41, 5.74) is 1.17. The molecule has 0 aromatic heterocycles. The molecule has 0 aliphatic carbocycles. The summed E-state index contributed by atoms with van der Waals surface area (Å²) < 4.78 is 10.2. The van der Waals surface area contributed by atoms with Gasteiger partial charge in [0, 0.05) is 5.69 Å². The number of amides is 2. The van der Waals surface area contributed by atoms with E-state index in [-0.39, 0.29) is 18.2 Å². The first-order chi connectivity index (χ1) is 12.0. The number of nitrogens with one attached hydrogen (secondary N) is 1. The smallest absolute Gasteiger partial charge is 0.256 e. The van der Waals surface area contributed by atoms with Gasteiger partial charge in [0.2, 0.25) is 5.91 Å². The largest absolute Gasteiger partial charge is 0.497 e. The second-order valence-electron chi connectivity index (χ2n) is 5.52. The molecule has 0 spiro atoms. The summed E-state index contributed by atoms with van der Waals surface area (Å²) in [6.07, 6.45) is 0.0779. The number of halogens is 1. The molecule has 1 fully saturated rings. The normalized spacial score (nSPS) is 16.9. The Morgan fingerprint density at radius 1 is 1.08 bits per heavy atom. The van der Waals surface area contributed by atoms with Gasteiger partial charge in [-0.2, -0.15) is 0 Å². The summed E-state index contributed by atoms with van der Waals surface area (Å²) in [5, 5.41) is 3.49. The molecule has 0 saturated carbocycles. The molecule has 7 heteroatoms. The number of nitrogens with zero attached hydrogens (tertiary/aromatic N) is 1. The lowest BCUT2D eigenvalue weighted by atomic mass is 10.2. The van der Waals surface area contributed by atoms with Crippen molar-refractivity contribution in [3.8, 4) is 11.5 Å².